The quantitative estimate of drug-likeness (QED) is 0.907. The summed E-state index contributed by atoms with van der Waals surface area (Å²) in [6.45, 7) is 3.91. The highest BCUT2D eigenvalue weighted by atomic mass is 16.5. The van der Waals surface area contributed by atoms with E-state index in [1.807, 2.05) is 31.2 Å². The van der Waals surface area contributed by atoms with Crippen LogP contribution >= 0.6 is 0 Å². The lowest BCUT2D eigenvalue weighted by molar-refractivity contribution is 0.396. The van der Waals surface area contributed by atoms with Gasteiger partial charge in [-0.25, -0.2) is 4.98 Å². The molecule has 1 aromatic carbocycles. The van der Waals surface area contributed by atoms with Crippen molar-refractivity contribution < 1.29 is 9.47 Å². The van der Waals surface area contributed by atoms with Crippen LogP contribution in [-0.4, -0.2) is 24.2 Å². The van der Waals surface area contributed by atoms with Crippen molar-refractivity contribution in [2.45, 2.75) is 19.9 Å². The van der Waals surface area contributed by atoms with Gasteiger partial charge in [0, 0.05) is 12.1 Å². The van der Waals surface area contributed by atoms with Gasteiger partial charge in [0.25, 0.3) is 0 Å². The smallest absolute Gasteiger partial charge is 0.218 e. The van der Waals surface area contributed by atoms with Crippen LogP contribution in [0.25, 0.3) is 0 Å². The van der Waals surface area contributed by atoms with Crippen molar-refractivity contribution in [1.29, 1.82) is 0 Å². The Morgan fingerprint density at radius 3 is 2.35 bits per heavy atom. The lowest BCUT2D eigenvalue weighted by atomic mass is 10.1. The van der Waals surface area contributed by atoms with E-state index in [1.54, 1.807) is 20.3 Å². The van der Waals surface area contributed by atoms with Gasteiger partial charge in [0.1, 0.15) is 17.4 Å². The topological polar surface area (TPSA) is 56.3 Å². The molecular formula is C15H19N3O2. The Bertz CT molecular complexity index is 570. The molecular weight excluding hydrogens is 254 g/mol. The molecule has 0 amide bonds. The first-order chi connectivity index (χ1) is 9.62. The average Bonchev–Trinajstić information content (AvgIpc) is 2.46. The van der Waals surface area contributed by atoms with Gasteiger partial charge >= 0.3 is 0 Å². The normalized spacial score (nSPS) is 11.8. The van der Waals surface area contributed by atoms with Gasteiger partial charge in [-0.1, -0.05) is 12.1 Å². The van der Waals surface area contributed by atoms with Crippen molar-refractivity contribution in [3.8, 4) is 11.6 Å². The predicted octanol–water partition coefficient (Wildman–Crippen LogP) is 2.98. The Morgan fingerprint density at radius 2 is 1.75 bits per heavy atom. The summed E-state index contributed by atoms with van der Waals surface area (Å²) in [7, 11) is 3.26. The van der Waals surface area contributed by atoms with Crippen molar-refractivity contribution in [1.82, 2.24) is 9.97 Å². The van der Waals surface area contributed by atoms with E-state index in [4.69, 9.17) is 9.47 Å². The van der Waals surface area contributed by atoms with E-state index in [0.29, 0.717) is 11.7 Å². The first kappa shape index (κ1) is 14.1. The van der Waals surface area contributed by atoms with Crippen LogP contribution in [0, 0.1) is 6.92 Å². The van der Waals surface area contributed by atoms with Crippen LogP contribution in [0.4, 0.5) is 5.82 Å². The van der Waals surface area contributed by atoms with E-state index in [1.165, 1.54) is 0 Å². The number of methoxy groups -OCH3 is 2. The number of nitrogens with zero attached hydrogens (tertiary/aromatic N) is 2. The predicted molar refractivity (Wildman–Crippen MR) is 78.4 cm³/mol. The number of aromatic nitrogens is 2. The molecule has 2 aromatic rings. The highest BCUT2D eigenvalue weighted by Crippen LogP contribution is 2.22. The number of rotatable bonds is 5. The summed E-state index contributed by atoms with van der Waals surface area (Å²) < 4.78 is 10.3. The third-order valence-electron chi connectivity index (χ3n) is 3.00. The standard InChI is InChI=1S/C15H19N3O2/c1-10(12-5-7-13(19-3)8-6-12)16-14-9-15(20-4)18-11(2)17-14/h5-10H,1-4H3,(H,16,17,18). The second kappa shape index (κ2) is 6.23. The highest BCUT2D eigenvalue weighted by molar-refractivity contribution is 5.42. The van der Waals surface area contributed by atoms with E-state index in [0.717, 1.165) is 17.1 Å². The van der Waals surface area contributed by atoms with Crippen molar-refractivity contribution in [2.24, 2.45) is 0 Å². The SMILES string of the molecule is COc1ccc(C(C)Nc2cc(OC)nc(C)n2)cc1. The zero-order chi connectivity index (χ0) is 14.5. The molecule has 0 aliphatic heterocycles. The molecule has 0 fully saturated rings. The summed E-state index contributed by atoms with van der Waals surface area (Å²) in [5.74, 6) is 2.83. The summed E-state index contributed by atoms with van der Waals surface area (Å²) in [5, 5.41) is 3.34. The van der Waals surface area contributed by atoms with E-state index in [-0.39, 0.29) is 6.04 Å². The van der Waals surface area contributed by atoms with Gasteiger partial charge in [0.2, 0.25) is 5.88 Å². The van der Waals surface area contributed by atoms with Gasteiger partial charge in [-0.2, -0.15) is 4.98 Å². The molecule has 5 nitrogen and oxygen atoms in total. The van der Waals surface area contributed by atoms with Gasteiger partial charge in [0.15, 0.2) is 0 Å². The van der Waals surface area contributed by atoms with Gasteiger partial charge in [0.05, 0.1) is 14.2 Å². The molecule has 0 saturated heterocycles. The Balaban J connectivity index is 2.13. The molecule has 0 aliphatic carbocycles. The first-order valence-electron chi connectivity index (χ1n) is 6.42. The summed E-state index contributed by atoms with van der Waals surface area (Å²) in [4.78, 5) is 8.52. The van der Waals surface area contributed by atoms with Crippen molar-refractivity contribution in [3.05, 3.63) is 41.7 Å². The number of hydrogen-bond donors (Lipinski definition) is 1. The maximum absolute atomic E-state index is 5.16. The van der Waals surface area contributed by atoms with E-state index in [2.05, 4.69) is 22.2 Å². The molecule has 1 N–H and O–H groups in total. The van der Waals surface area contributed by atoms with E-state index >= 15 is 0 Å². The molecule has 1 atom stereocenters. The van der Waals surface area contributed by atoms with Gasteiger partial charge in [-0.05, 0) is 31.5 Å². The minimum Gasteiger partial charge on any atom is -0.497 e. The maximum Gasteiger partial charge on any atom is 0.218 e. The third-order valence-corrected chi connectivity index (χ3v) is 3.00. The molecule has 0 spiro atoms. The molecule has 0 bridgehead atoms. The molecule has 5 heteroatoms. The number of hydrogen-bond acceptors (Lipinski definition) is 5. The summed E-state index contributed by atoms with van der Waals surface area (Å²) in [6, 6.07) is 9.86. The van der Waals surface area contributed by atoms with E-state index < -0.39 is 0 Å². The minimum absolute atomic E-state index is 0.125. The summed E-state index contributed by atoms with van der Waals surface area (Å²) in [6.07, 6.45) is 0. The van der Waals surface area contributed by atoms with Crippen LogP contribution in [0.3, 0.4) is 0 Å². The van der Waals surface area contributed by atoms with Crippen molar-refractivity contribution in [2.75, 3.05) is 19.5 Å². The molecule has 2 rings (SSSR count). The van der Waals surface area contributed by atoms with Gasteiger partial charge < -0.3 is 14.8 Å². The monoisotopic (exact) mass is 273 g/mol. The fourth-order valence-electron chi connectivity index (χ4n) is 1.92. The van der Waals surface area contributed by atoms with Crippen molar-refractivity contribution in [3.63, 3.8) is 0 Å². The van der Waals surface area contributed by atoms with Crippen LogP contribution in [-0.2, 0) is 0 Å². The van der Waals surface area contributed by atoms with Crippen LogP contribution in [0.15, 0.2) is 30.3 Å². The van der Waals surface area contributed by atoms with Crippen LogP contribution in [0.5, 0.6) is 11.6 Å². The molecule has 0 saturated carbocycles. The lowest BCUT2D eigenvalue weighted by Gasteiger charge is -2.16. The van der Waals surface area contributed by atoms with Crippen LogP contribution < -0.4 is 14.8 Å². The fraction of sp³-hybridized carbons (Fsp3) is 0.333. The Labute approximate surface area is 119 Å². The second-order valence-electron chi connectivity index (χ2n) is 4.48. The summed E-state index contributed by atoms with van der Waals surface area (Å²) in [5.41, 5.74) is 1.15. The zero-order valence-electron chi connectivity index (χ0n) is 12.2. The number of aryl methyl sites for hydroxylation is 1. The fourth-order valence-corrected chi connectivity index (χ4v) is 1.92. The Morgan fingerprint density at radius 1 is 1.05 bits per heavy atom. The highest BCUT2D eigenvalue weighted by Gasteiger charge is 2.08. The van der Waals surface area contributed by atoms with E-state index in [9.17, 15) is 0 Å². The first-order valence-corrected chi connectivity index (χ1v) is 6.42. The molecule has 20 heavy (non-hydrogen) atoms. The molecule has 106 valence electrons. The Hall–Kier alpha value is -2.30. The largest absolute Gasteiger partial charge is 0.497 e. The second-order valence-corrected chi connectivity index (χ2v) is 4.48. The molecule has 1 unspecified atom stereocenters. The molecule has 1 aromatic heterocycles. The third kappa shape index (κ3) is 3.38. The Kier molecular flexibility index (Phi) is 4.40. The number of anilines is 1. The maximum atomic E-state index is 5.16. The minimum atomic E-state index is 0.125. The molecule has 0 radical (unpaired) electrons. The number of ether oxygens (including phenoxy) is 2. The molecule has 1 heterocycles. The zero-order valence-corrected chi connectivity index (χ0v) is 12.2. The summed E-state index contributed by atoms with van der Waals surface area (Å²) >= 11 is 0. The lowest BCUT2D eigenvalue weighted by Crippen LogP contribution is -2.09. The molecule has 0 aliphatic rings. The van der Waals surface area contributed by atoms with Crippen molar-refractivity contribution >= 4 is 5.82 Å². The van der Waals surface area contributed by atoms with Crippen LogP contribution in [0.2, 0.25) is 0 Å². The van der Waals surface area contributed by atoms with Crippen LogP contribution in [0.1, 0.15) is 24.4 Å². The average molecular weight is 273 g/mol. The van der Waals surface area contributed by atoms with Gasteiger partial charge in [-0.3, -0.25) is 0 Å². The van der Waals surface area contributed by atoms with Gasteiger partial charge in [-0.15, -0.1) is 0 Å². The number of nitrogens with one attached hydrogen (secondary N) is 1. The number of benzene rings is 1.